The Morgan fingerprint density at radius 2 is 2.05 bits per heavy atom. The second-order valence-corrected chi connectivity index (χ2v) is 4.16. The van der Waals surface area contributed by atoms with E-state index in [1.165, 1.54) is 29.1 Å². The molecule has 0 bridgehead atoms. The zero-order valence-corrected chi connectivity index (χ0v) is 12.0. The van der Waals surface area contributed by atoms with Crippen molar-refractivity contribution in [2.75, 3.05) is 0 Å². The number of benzene rings is 1. The highest BCUT2D eigenvalue weighted by molar-refractivity contribution is 5.85. The molecule has 0 unspecified atom stereocenters. The van der Waals surface area contributed by atoms with Gasteiger partial charge in [-0.2, -0.15) is 10.4 Å². The zero-order chi connectivity index (χ0) is 15.5. The second kappa shape index (κ2) is 7.15. The Bertz CT molecular complexity index is 679. The summed E-state index contributed by atoms with van der Waals surface area (Å²) in [6.07, 6.45) is -1.61. The first-order valence-electron chi connectivity index (χ1n) is 5.91. The molecule has 0 atom stereocenters. The van der Waals surface area contributed by atoms with Crippen molar-refractivity contribution in [1.29, 1.82) is 5.26 Å². The van der Waals surface area contributed by atoms with Crippen LogP contribution in [0.1, 0.15) is 5.56 Å². The fourth-order valence-electron chi connectivity index (χ4n) is 1.81. The van der Waals surface area contributed by atoms with E-state index < -0.39 is 6.36 Å². The minimum absolute atomic E-state index is 0. The predicted molar refractivity (Wildman–Crippen MR) is 75.1 cm³/mol. The molecule has 1 heterocycles. The first-order valence-corrected chi connectivity index (χ1v) is 5.91. The highest BCUT2D eigenvalue weighted by Gasteiger charge is 2.32. The van der Waals surface area contributed by atoms with E-state index in [4.69, 9.17) is 11.0 Å². The number of hydrogen-bond acceptors (Lipinski definition) is 4. The average Bonchev–Trinajstić information content (AvgIpc) is 2.86. The molecule has 1 aromatic heterocycles. The van der Waals surface area contributed by atoms with Crippen LogP contribution in [0.25, 0.3) is 11.1 Å². The van der Waals surface area contributed by atoms with Gasteiger partial charge in [0.2, 0.25) is 0 Å². The van der Waals surface area contributed by atoms with Crippen LogP contribution in [0.15, 0.2) is 30.6 Å². The Morgan fingerprint density at radius 1 is 1.32 bits per heavy atom. The van der Waals surface area contributed by atoms with Gasteiger partial charge in [0.05, 0.1) is 12.3 Å². The van der Waals surface area contributed by atoms with Gasteiger partial charge in [0.1, 0.15) is 12.3 Å². The van der Waals surface area contributed by atoms with Crippen molar-refractivity contribution in [2.45, 2.75) is 19.5 Å². The maximum Gasteiger partial charge on any atom is 0.573 e. The van der Waals surface area contributed by atoms with Gasteiger partial charge in [-0.1, -0.05) is 6.07 Å². The van der Waals surface area contributed by atoms with Crippen molar-refractivity contribution >= 4 is 12.4 Å². The van der Waals surface area contributed by atoms with Crippen molar-refractivity contribution in [2.24, 2.45) is 5.73 Å². The molecule has 118 valence electrons. The number of hydrogen-bond donors (Lipinski definition) is 1. The van der Waals surface area contributed by atoms with Gasteiger partial charge in [-0.25, -0.2) is 0 Å². The maximum absolute atomic E-state index is 12.3. The van der Waals surface area contributed by atoms with Gasteiger partial charge in [-0.3, -0.25) is 4.68 Å². The zero-order valence-electron chi connectivity index (χ0n) is 11.2. The standard InChI is InChI=1S/C13H11F3N4O.ClH/c14-13(15,16)21-12-2-1-9(5-10(12)6-18)11-7-19-20(8-11)4-3-17;/h1-2,5,7-8H,4,6,18H2;1H. The van der Waals surface area contributed by atoms with Gasteiger partial charge in [0.25, 0.3) is 0 Å². The lowest BCUT2D eigenvalue weighted by Gasteiger charge is -2.13. The molecule has 0 aliphatic heterocycles. The lowest BCUT2D eigenvalue weighted by molar-refractivity contribution is -0.274. The van der Waals surface area contributed by atoms with Crippen LogP contribution >= 0.6 is 12.4 Å². The van der Waals surface area contributed by atoms with Gasteiger partial charge in [0.15, 0.2) is 0 Å². The van der Waals surface area contributed by atoms with Crippen LogP contribution in [-0.2, 0) is 13.1 Å². The quantitative estimate of drug-likeness (QED) is 0.934. The molecular weight excluding hydrogens is 321 g/mol. The third-order valence-corrected chi connectivity index (χ3v) is 2.71. The number of halogens is 4. The van der Waals surface area contributed by atoms with Crippen LogP contribution < -0.4 is 10.5 Å². The van der Waals surface area contributed by atoms with Crippen LogP contribution in [0.2, 0.25) is 0 Å². The molecule has 9 heteroatoms. The highest BCUT2D eigenvalue weighted by Crippen LogP contribution is 2.30. The summed E-state index contributed by atoms with van der Waals surface area (Å²) < 4.78 is 42.1. The van der Waals surface area contributed by atoms with Crippen LogP contribution in [0.4, 0.5) is 13.2 Å². The van der Waals surface area contributed by atoms with E-state index in [1.807, 2.05) is 6.07 Å². The van der Waals surface area contributed by atoms with Crippen molar-refractivity contribution in [3.05, 3.63) is 36.2 Å². The van der Waals surface area contributed by atoms with Crippen molar-refractivity contribution in [1.82, 2.24) is 9.78 Å². The summed E-state index contributed by atoms with van der Waals surface area (Å²) in [4.78, 5) is 0. The van der Waals surface area contributed by atoms with E-state index >= 15 is 0 Å². The first-order chi connectivity index (χ1) is 9.93. The van der Waals surface area contributed by atoms with Gasteiger partial charge in [0, 0.05) is 23.9 Å². The number of nitrogens with zero attached hydrogens (tertiary/aromatic N) is 3. The molecule has 22 heavy (non-hydrogen) atoms. The number of rotatable bonds is 4. The molecule has 1 aromatic carbocycles. The molecule has 0 fully saturated rings. The van der Waals surface area contributed by atoms with Crippen molar-refractivity contribution in [3.63, 3.8) is 0 Å². The van der Waals surface area contributed by atoms with Gasteiger partial charge < -0.3 is 10.5 Å². The fraction of sp³-hybridized carbons (Fsp3) is 0.231. The molecule has 0 spiro atoms. The summed E-state index contributed by atoms with van der Waals surface area (Å²) in [5.41, 5.74) is 7.02. The molecule has 0 radical (unpaired) electrons. The summed E-state index contributed by atoms with van der Waals surface area (Å²) in [7, 11) is 0. The molecular formula is C13H12ClF3N4O. The molecule has 2 aromatic rings. The number of nitrogens with two attached hydrogens (primary N) is 1. The van der Waals surface area contributed by atoms with Gasteiger partial charge in [-0.15, -0.1) is 25.6 Å². The normalized spacial score (nSPS) is 10.7. The van der Waals surface area contributed by atoms with Gasteiger partial charge >= 0.3 is 6.36 Å². The SMILES string of the molecule is Cl.N#CCn1cc(-c2ccc(OC(F)(F)F)c(CN)c2)cn1. The minimum Gasteiger partial charge on any atom is -0.405 e. The summed E-state index contributed by atoms with van der Waals surface area (Å²) >= 11 is 0. The van der Waals surface area contributed by atoms with E-state index in [1.54, 1.807) is 6.20 Å². The van der Waals surface area contributed by atoms with E-state index in [0.717, 1.165) is 0 Å². The number of ether oxygens (including phenoxy) is 1. The van der Waals surface area contributed by atoms with E-state index in [9.17, 15) is 13.2 Å². The van der Waals surface area contributed by atoms with Crippen molar-refractivity contribution < 1.29 is 17.9 Å². The molecule has 0 aliphatic carbocycles. The highest BCUT2D eigenvalue weighted by atomic mass is 35.5. The van der Waals surface area contributed by atoms with Crippen LogP contribution in [0.3, 0.4) is 0 Å². The smallest absolute Gasteiger partial charge is 0.405 e. The Hall–Kier alpha value is -2.24. The Labute approximate surface area is 130 Å². The molecule has 0 amide bonds. The number of aromatic nitrogens is 2. The van der Waals surface area contributed by atoms with Crippen LogP contribution in [0, 0.1) is 11.3 Å². The third-order valence-electron chi connectivity index (χ3n) is 2.71. The Kier molecular flexibility index (Phi) is 5.79. The maximum atomic E-state index is 12.3. The third kappa shape index (κ3) is 4.38. The molecule has 2 N–H and O–H groups in total. The average molecular weight is 333 g/mol. The Balaban J connectivity index is 0.00000242. The van der Waals surface area contributed by atoms with E-state index in [-0.39, 0.29) is 36.8 Å². The Morgan fingerprint density at radius 3 is 2.64 bits per heavy atom. The summed E-state index contributed by atoms with van der Waals surface area (Å²) in [6.45, 7) is 0.00456. The second-order valence-electron chi connectivity index (χ2n) is 4.16. The minimum atomic E-state index is -4.76. The summed E-state index contributed by atoms with van der Waals surface area (Å²) in [5, 5.41) is 12.5. The van der Waals surface area contributed by atoms with Gasteiger partial charge in [-0.05, 0) is 17.7 Å². The van der Waals surface area contributed by atoms with E-state index in [2.05, 4.69) is 9.84 Å². The predicted octanol–water partition coefficient (Wildman–Crippen LogP) is 2.85. The molecule has 0 saturated carbocycles. The fourth-order valence-corrected chi connectivity index (χ4v) is 1.81. The topological polar surface area (TPSA) is 76.9 Å². The first kappa shape index (κ1) is 17.8. The lowest BCUT2D eigenvalue weighted by Crippen LogP contribution is -2.18. The lowest BCUT2D eigenvalue weighted by atomic mass is 10.1. The van der Waals surface area contributed by atoms with Crippen LogP contribution in [-0.4, -0.2) is 16.1 Å². The number of alkyl halides is 3. The van der Waals surface area contributed by atoms with Crippen LogP contribution in [0.5, 0.6) is 5.75 Å². The molecule has 0 aliphatic rings. The van der Waals surface area contributed by atoms with Crippen molar-refractivity contribution in [3.8, 4) is 22.9 Å². The molecule has 5 nitrogen and oxygen atoms in total. The summed E-state index contributed by atoms with van der Waals surface area (Å²) in [6, 6.07) is 6.15. The van der Waals surface area contributed by atoms with E-state index in [0.29, 0.717) is 11.1 Å². The largest absolute Gasteiger partial charge is 0.573 e. The molecule has 0 saturated heterocycles. The monoisotopic (exact) mass is 332 g/mol. The summed E-state index contributed by atoms with van der Waals surface area (Å²) in [5.74, 6) is -0.321. The number of nitriles is 1. The molecule has 2 rings (SSSR count).